The Hall–Kier alpha value is -1.39. The Bertz CT molecular complexity index is 454. The van der Waals surface area contributed by atoms with E-state index >= 15 is 0 Å². The summed E-state index contributed by atoms with van der Waals surface area (Å²) >= 11 is 0. The smallest absolute Gasteiger partial charge is 0.328 e. The lowest BCUT2D eigenvalue weighted by Crippen LogP contribution is -2.38. The van der Waals surface area contributed by atoms with Crippen molar-refractivity contribution in [1.82, 2.24) is 5.32 Å². The highest BCUT2D eigenvalue weighted by Crippen LogP contribution is 2.25. The van der Waals surface area contributed by atoms with Gasteiger partial charge in [0.2, 0.25) is 0 Å². The molecular weight excluding hydrogens is 242 g/mol. The minimum atomic E-state index is -0.312. The molecule has 3 rings (SSSR count). The van der Waals surface area contributed by atoms with Crippen LogP contribution in [0.25, 0.3) is 0 Å². The predicted molar refractivity (Wildman–Crippen MR) is 70.8 cm³/mol. The van der Waals surface area contributed by atoms with Gasteiger partial charge in [0.15, 0.2) is 0 Å². The van der Waals surface area contributed by atoms with Crippen LogP contribution in [0.5, 0.6) is 0 Å². The molecule has 0 spiro atoms. The van der Waals surface area contributed by atoms with Gasteiger partial charge in [0, 0.05) is 19.4 Å². The van der Waals surface area contributed by atoms with Gasteiger partial charge < -0.3 is 14.8 Å². The van der Waals surface area contributed by atoms with Crippen molar-refractivity contribution in [3.8, 4) is 0 Å². The van der Waals surface area contributed by atoms with Gasteiger partial charge in [0.05, 0.1) is 13.2 Å². The van der Waals surface area contributed by atoms with Gasteiger partial charge in [-0.25, -0.2) is 4.79 Å². The van der Waals surface area contributed by atoms with E-state index in [1.165, 1.54) is 5.56 Å². The van der Waals surface area contributed by atoms with Crippen molar-refractivity contribution in [3.05, 3.63) is 35.4 Å². The fourth-order valence-electron chi connectivity index (χ4n) is 2.74. The first-order chi connectivity index (χ1) is 9.34. The minimum Gasteiger partial charge on any atom is -0.461 e. The summed E-state index contributed by atoms with van der Waals surface area (Å²) in [6, 6.07) is 7.78. The van der Waals surface area contributed by atoms with Gasteiger partial charge in [0.25, 0.3) is 0 Å². The summed E-state index contributed by atoms with van der Waals surface area (Å²) in [5.74, 6) is -0.154. The summed E-state index contributed by atoms with van der Waals surface area (Å²) in [4.78, 5) is 12.3. The van der Waals surface area contributed by atoms with E-state index in [1.807, 2.05) is 18.2 Å². The third-order valence-corrected chi connectivity index (χ3v) is 3.80. The molecule has 1 N–H and O–H groups in total. The molecule has 102 valence electrons. The molecular formula is C15H19NO3. The van der Waals surface area contributed by atoms with Gasteiger partial charge in [-0.15, -0.1) is 0 Å². The topological polar surface area (TPSA) is 47.6 Å². The molecule has 0 saturated carbocycles. The monoisotopic (exact) mass is 261 g/mol. The van der Waals surface area contributed by atoms with Gasteiger partial charge in [-0.05, 0) is 17.5 Å². The number of nitrogens with one attached hydrogen (secondary N) is 1. The van der Waals surface area contributed by atoms with Crippen LogP contribution in [0.15, 0.2) is 24.3 Å². The molecule has 0 aromatic heterocycles. The zero-order valence-electron chi connectivity index (χ0n) is 10.9. The summed E-state index contributed by atoms with van der Waals surface area (Å²) < 4.78 is 10.9. The summed E-state index contributed by atoms with van der Waals surface area (Å²) in [6.45, 7) is 2.20. The molecule has 4 nitrogen and oxygen atoms in total. The van der Waals surface area contributed by atoms with E-state index in [2.05, 4.69) is 11.4 Å². The van der Waals surface area contributed by atoms with Crippen LogP contribution in [0, 0.1) is 0 Å². The van der Waals surface area contributed by atoms with Crippen LogP contribution in [0.4, 0.5) is 0 Å². The second-order valence-electron chi connectivity index (χ2n) is 5.08. The zero-order valence-corrected chi connectivity index (χ0v) is 10.9. The molecule has 1 aromatic carbocycles. The molecule has 1 aromatic rings. The first-order valence-electron chi connectivity index (χ1n) is 6.94. The van der Waals surface area contributed by atoms with Gasteiger partial charge in [-0.2, -0.15) is 0 Å². The van der Waals surface area contributed by atoms with Crippen LogP contribution in [0.3, 0.4) is 0 Å². The van der Waals surface area contributed by atoms with E-state index in [-0.39, 0.29) is 18.1 Å². The molecule has 1 unspecified atom stereocenters. The summed E-state index contributed by atoms with van der Waals surface area (Å²) in [6.07, 6.45) is 2.59. The molecule has 0 bridgehead atoms. The van der Waals surface area contributed by atoms with Crippen LogP contribution in [-0.2, 0) is 20.7 Å². The Balaban J connectivity index is 1.70. The maximum Gasteiger partial charge on any atom is 0.328 e. The van der Waals surface area contributed by atoms with E-state index in [9.17, 15) is 4.79 Å². The molecule has 2 heterocycles. The van der Waals surface area contributed by atoms with Gasteiger partial charge in [-0.1, -0.05) is 24.3 Å². The molecule has 4 heteroatoms. The van der Waals surface area contributed by atoms with Crippen LogP contribution < -0.4 is 5.32 Å². The van der Waals surface area contributed by atoms with Crippen LogP contribution in [0.2, 0.25) is 0 Å². The molecule has 0 aliphatic carbocycles. The van der Waals surface area contributed by atoms with Crippen LogP contribution in [-0.4, -0.2) is 31.8 Å². The van der Waals surface area contributed by atoms with Gasteiger partial charge in [0.1, 0.15) is 12.1 Å². The summed E-state index contributed by atoms with van der Waals surface area (Å²) in [7, 11) is 0. The molecule has 2 aliphatic rings. The van der Waals surface area contributed by atoms with Crippen molar-refractivity contribution < 1.29 is 14.3 Å². The fourth-order valence-corrected chi connectivity index (χ4v) is 2.74. The summed E-state index contributed by atoms with van der Waals surface area (Å²) in [5, 5.41) is 3.26. The second kappa shape index (κ2) is 5.72. The number of carbonyl (C=O) groups excluding carboxylic acids is 1. The molecule has 1 atom stereocenters. The first kappa shape index (κ1) is 12.6. The molecule has 2 aliphatic heterocycles. The average Bonchev–Trinajstić information content (AvgIpc) is 2.47. The van der Waals surface area contributed by atoms with E-state index in [1.54, 1.807) is 0 Å². The Morgan fingerprint density at radius 3 is 2.89 bits per heavy atom. The third kappa shape index (κ3) is 2.80. The minimum absolute atomic E-state index is 0.0112. The van der Waals surface area contributed by atoms with Crippen molar-refractivity contribution >= 4 is 5.97 Å². The number of esters is 1. The lowest BCUT2D eigenvalue weighted by Gasteiger charge is -2.28. The van der Waals surface area contributed by atoms with Crippen molar-refractivity contribution in [1.29, 1.82) is 0 Å². The predicted octanol–water partition coefficient (Wildman–Crippen LogP) is 1.60. The highest BCUT2D eigenvalue weighted by atomic mass is 16.6. The fraction of sp³-hybridized carbons (Fsp3) is 0.533. The maximum atomic E-state index is 12.3. The lowest BCUT2D eigenvalue weighted by atomic mass is 9.94. The SMILES string of the molecule is O=C(OC1CCOCC1)C1NCCc2ccccc21. The Labute approximate surface area is 113 Å². The molecule has 1 saturated heterocycles. The lowest BCUT2D eigenvalue weighted by molar-refractivity contribution is -0.156. The van der Waals surface area contributed by atoms with Crippen molar-refractivity contribution in [3.63, 3.8) is 0 Å². The van der Waals surface area contributed by atoms with E-state index < -0.39 is 0 Å². The van der Waals surface area contributed by atoms with Crippen molar-refractivity contribution in [2.75, 3.05) is 19.8 Å². The number of benzene rings is 1. The van der Waals surface area contributed by atoms with Crippen molar-refractivity contribution in [2.45, 2.75) is 31.4 Å². The second-order valence-corrected chi connectivity index (χ2v) is 5.08. The normalized spacial score (nSPS) is 23.7. The number of ether oxygens (including phenoxy) is 2. The molecule has 0 radical (unpaired) electrons. The highest BCUT2D eigenvalue weighted by Gasteiger charge is 2.29. The Kier molecular flexibility index (Phi) is 3.80. The van der Waals surface area contributed by atoms with E-state index in [0.29, 0.717) is 13.2 Å². The maximum absolute atomic E-state index is 12.3. The van der Waals surface area contributed by atoms with Crippen LogP contribution in [0.1, 0.15) is 30.0 Å². The molecule has 0 amide bonds. The quantitative estimate of drug-likeness (QED) is 0.821. The first-order valence-corrected chi connectivity index (χ1v) is 6.94. The number of hydrogen-bond donors (Lipinski definition) is 1. The standard InChI is InChI=1S/C15H19NO3/c17-15(19-12-6-9-18-10-7-12)14-13-4-2-1-3-11(13)5-8-16-14/h1-4,12,14,16H,5-10H2. The van der Waals surface area contributed by atoms with Crippen molar-refractivity contribution in [2.24, 2.45) is 0 Å². The average molecular weight is 261 g/mol. The van der Waals surface area contributed by atoms with E-state index in [0.717, 1.165) is 31.4 Å². The van der Waals surface area contributed by atoms with Crippen LogP contribution >= 0.6 is 0 Å². The number of fused-ring (bicyclic) bond motifs is 1. The Morgan fingerprint density at radius 1 is 1.26 bits per heavy atom. The largest absolute Gasteiger partial charge is 0.461 e. The van der Waals surface area contributed by atoms with E-state index in [4.69, 9.17) is 9.47 Å². The number of rotatable bonds is 2. The molecule has 1 fully saturated rings. The highest BCUT2D eigenvalue weighted by molar-refractivity contribution is 5.78. The summed E-state index contributed by atoms with van der Waals surface area (Å²) in [5.41, 5.74) is 2.31. The Morgan fingerprint density at radius 2 is 2.05 bits per heavy atom. The van der Waals surface area contributed by atoms with Gasteiger partial charge in [-0.3, -0.25) is 0 Å². The zero-order chi connectivity index (χ0) is 13.1. The van der Waals surface area contributed by atoms with Gasteiger partial charge >= 0.3 is 5.97 Å². The number of hydrogen-bond acceptors (Lipinski definition) is 4. The third-order valence-electron chi connectivity index (χ3n) is 3.80. The number of carbonyl (C=O) groups is 1. The molecule has 19 heavy (non-hydrogen) atoms.